The molecule has 1 saturated carbocycles. The van der Waals surface area contributed by atoms with Gasteiger partial charge in [-0.2, -0.15) is 0 Å². The van der Waals surface area contributed by atoms with Crippen LogP contribution in [0.3, 0.4) is 0 Å². The third-order valence-electron chi connectivity index (χ3n) is 4.88. The summed E-state index contributed by atoms with van der Waals surface area (Å²) in [5, 5.41) is 12.7. The van der Waals surface area contributed by atoms with Crippen LogP contribution in [0.1, 0.15) is 50.0 Å². The molecule has 120 valence electrons. The molecule has 1 aromatic rings. The Balaban J connectivity index is 1.68. The smallest absolute Gasteiger partial charge is 0.228 e. The SMILES string of the molecule is O=C(N[C@H](CO)C1CCCCC1)[C@@H]1CCOc2ncccc21. The predicted molar refractivity (Wildman–Crippen MR) is 82.7 cm³/mol. The Morgan fingerprint density at radius 3 is 2.95 bits per heavy atom. The van der Waals surface area contributed by atoms with Gasteiger partial charge in [-0.3, -0.25) is 4.79 Å². The van der Waals surface area contributed by atoms with Crippen LogP contribution in [0.2, 0.25) is 0 Å². The molecule has 0 saturated heterocycles. The van der Waals surface area contributed by atoms with E-state index in [0.717, 1.165) is 18.4 Å². The number of rotatable bonds is 4. The van der Waals surface area contributed by atoms with E-state index in [-0.39, 0.29) is 24.5 Å². The van der Waals surface area contributed by atoms with Crippen molar-refractivity contribution in [3.8, 4) is 5.88 Å². The highest BCUT2D eigenvalue weighted by Gasteiger charge is 2.31. The molecule has 2 atom stereocenters. The molecular formula is C17H24N2O3. The maximum absolute atomic E-state index is 12.7. The summed E-state index contributed by atoms with van der Waals surface area (Å²) >= 11 is 0. The number of aliphatic hydroxyl groups excluding tert-OH is 1. The zero-order valence-electron chi connectivity index (χ0n) is 12.8. The lowest BCUT2D eigenvalue weighted by Crippen LogP contribution is -2.46. The van der Waals surface area contributed by atoms with Crippen LogP contribution in [-0.4, -0.2) is 35.3 Å². The molecule has 1 aliphatic carbocycles. The molecule has 22 heavy (non-hydrogen) atoms. The number of carbonyl (C=O) groups is 1. The minimum Gasteiger partial charge on any atom is -0.477 e. The molecule has 0 radical (unpaired) electrons. The maximum Gasteiger partial charge on any atom is 0.228 e. The number of nitrogens with one attached hydrogen (secondary N) is 1. The molecule has 0 bridgehead atoms. The molecule has 2 N–H and O–H groups in total. The Hall–Kier alpha value is -1.62. The average molecular weight is 304 g/mol. The van der Waals surface area contributed by atoms with Gasteiger partial charge in [0.05, 0.1) is 25.2 Å². The first-order chi connectivity index (χ1) is 10.8. The number of nitrogens with zero attached hydrogens (tertiary/aromatic N) is 1. The average Bonchev–Trinajstić information content (AvgIpc) is 2.59. The highest BCUT2D eigenvalue weighted by Crippen LogP contribution is 2.32. The fraction of sp³-hybridized carbons (Fsp3) is 0.647. The second-order valence-electron chi connectivity index (χ2n) is 6.28. The van der Waals surface area contributed by atoms with Crippen molar-refractivity contribution >= 4 is 5.91 Å². The lowest BCUT2D eigenvalue weighted by molar-refractivity contribution is -0.124. The molecule has 5 heteroatoms. The molecule has 1 amide bonds. The molecule has 5 nitrogen and oxygen atoms in total. The van der Waals surface area contributed by atoms with Crippen LogP contribution in [-0.2, 0) is 4.79 Å². The minimum atomic E-state index is -0.227. The van der Waals surface area contributed by atoms with E-state index in [2.05, 4.69) is 10.3 Å². The van der Waals surface area contributed by atoms with Crippen LogP contribution in [0.5, 0.6) is 5.88 Å². The van der Waals surface area contributed by atoms with Gasteiger partial charge >= 0.3 is 0 Å². The molecule has 0 unspecified atom stereocenters. The van der Waals surface area contributed by atoms with Crippen LogP contribution in [0.25, 0.3) is 0 Å². The molecule has 1 aromatic heterocycles. The van der Waals surface area contributed by atoms with Gasteiger partial charge in [0, 0.05) is 11.8 Å². The highest BCUT2D eigenvalue weighted by atomic mass is 16.5. The predicted octanol–water partition coefficient (Wildman–Crippen LogP) is 2.01. The second-order valence-corrected chi connectivity index (χ2v) is 6.28. The summed E-state index contributed by atoms with van der Waals surface area (Å²) in [6, 6.07) is 3.61. The Kier molecular flexibility index (Phi) is 4.93. The molecule has 1 aliphatic heterocycles. The topological polar surface area (TPSA) is 71.5 Å². The fourth-order valence-corrected chi connectivity index (χ4v) is 3.62. The van der Waals surface area contributed by atoms with Crippen molar-refractivity contribution in [2.24, 2.45) is 5.92 Å². The van der Waals surface area contributed by atoms with E-state index in [1.807, 2.05) is 12.1 Å². The van der Waals surface area contributed by atoms with Crippen molar-refractivity contribution in [3.05, 3.63) is 23.9 Å². The second kappa shape index (κ2) is 7.09. The third kappa shape index (κ3) is 3.24. The molecule has 0 spiro atoms. The lowest BCUT2D eigenvalue weighted by Gasteiger charge is -2.32. The third-order valence-corrected chi connectivity index (χ3v) is 4.88. The minimum absolute atomic E-state index is 0.0119. The van der Waals surface area contributed by atoms with Gasteiger partial charge in [0.25, 0.3) is 0 Å². The Labute approximate surface area is 131 Å². The van der Waals surface area contributed by atoms with E-state index >= 15 is 0 Å². The zero-order valence-corrected chi connectivity index (χ0v) is 12.8. The fourth-order valence-electron chi connectivity index (χ4n) is 3.62. The first kappa shape index (κ1) is 15.3. The molecule has 2 heterocycles. The van der Waals surface area contributed by atoms with Crippen LogP contribution in [0.15, 0.2) is 18.3 Å². The molecule has 2 aliphatic rings. The summed E-state index contributed by atoms with van der Waals surface area (Å²) in [5.41, 5.74) is 0.853. The number of ether oxygens (including phenoxy) is 1. The van der Waals surface area contributed by atoms with E-state index in [0.29, 0.717) is 24.8 Å². The number of hydrogen-bond donors (Lipinski definition) is 2. The van der Waals surface area contributed by atoms with Crippen molar-refractivity contribution in [1.82, 2.24) is 10.3 Å². The molecule has 3 rings (SSSR count). The first-order valence-electron chi connectivity index (χ1n) is 8.28. The van der Waals surface area contributed by atoms with Gasteiger partial charge in [-0.25, -0.2) is 4.98 Å². The van der Waals surface area contributed by atoms with Gasteiger partial charge in [-0.15, -0.1) is 0 Å². The number of hydrogen-bond acceptors (Lipinski definition) is 4. The van der Waals surface area contributed by atoms with Gasteiger partial charge in [0.2, 0.25) is 11.8 Å². The summed E-state index contributed by atoms with van der Waals surface area (Å²) in [5.74, 6) is 0.722. The normalized spacial score (nSPS) is 23.2. The number of pyridine rings is 1. The Bertz CT molecular complexity index is 514. The van der Waals surface area contributed by atoms with E-state index in [4.69, 9.17) is 4.74 Å². The molecule has 1 fully saturated rings. The first-order valence-corrected chi connectivity index (χ1v) is 8.28. The number of fused-ring (bicyclic) bond motifs is 1. The van der Waals surface area contributed by atoms with Crippen LogP contribution >= 0.6 is 0 Å². The van der Waals surface area contributed by atoms with Crippen LogP contribution in [0.4, 0.5) is 0 Å². The maximum atomic E-state index is 12.7. The van der Waals surface area contributed by atoms with Gasteiger partial charge in [0.15, 0.2) is 0 Å². The van der Waals surface area contributed by atoms with Gasteiger partial charge < -0.3 is 15.2 Å². The van der Waals surface area contributed by atoms with Crippen molar-refractivity contribution in [1.29, 1.82) is 0 Å². The highest BCUT2D eigenvalue weighted by molar-refractivity contribution is 5.84. The van der Waals surface area contributed by atoms with E-state index in [9.17, 15) is 9.90 Å². The Morgan fingerprint density at radius 1 is 1.36 bits per heavy atom. The molecule has 0 aromatic carbocycles. The van der Waals surface area contributed by atoms with Crippen LogP contribution in [0, 0.1) is 5.92 Å². The van der Waals surface area contributed by atoms with Crippen molar-refractivity contribution in [3.63, 3.8) is 0 Å². The summed E-state index contributed by atoms with van der Waals surface area (Å²) in [6.07, 6.45) is 8.18. The lowest BCUT2D eigenvalue weighted by atomic mass is 9.83. The summed E-state index contributed by atoms with van der Waals surface area (Å²) in [7, 11) is 0. The summed E-state index contributed by atoms with van der Waals surface area (Å²) in [4.78, 5) is 16.9. The van der Waals surface area contributed by atoms with Crippen molar-refractivity contribution in [2.75, 3.05) is 13.2 Å². The van der Waals surface area contributed by atoms with Gasteiger partial charge in [-0.05, 0) is 31.2 Å². The van der Waals surface area contributed by atoms with Crippen molar-refractivity contribution in [2.45, 2.75) is 50.5 Å². The number of carbonyl (C=O) groups excluding carboxylic acids is 1. The zero-order chi connectivity index (χ0) is 15.4. The summed E-state index contributed by atoms with van der Waals surface area (Å²) in [6.45, 7) is 0.523. The number of aliphatic hydroxyl groups is 1. The monoisotopic (exact) mass is 304 g/mol. The van der Waals surface area contributed by atoms with Crippen molar-refractivity contribution < 1.29 is 14.6 Å². The quantitative estimate of drug-likeness (QED) is 0.892. The number of aromatic nitrogens is 1. The Morgan fingerprint density at radius 2 is 2.18 bits per heavy atom. The largest absolute Gasteiger partial charge is 0.477 e. The summed E-state index contributed by atoms with van der Waals surface area (Å²) < 4.78 is 5.51. The number of amides is 1. The van der Waals surface area contributed by atoms with E-state index < -0.39 is 0 Å². The van der Waals surface area contributed by atoms with Crippen LogP contribution < -0.4 is 10.1 Å². The van der Waals surface area contributed by atoms with E-state index in [1.54, 1.807) is 6.20 Å². The van der Waals surface area contributed by atoms with Gasteiger partial charge in [0.1, 0.15) is 0 Å². The molecular weight excluding hydrogens is 280 g/mol. The van der Waals surface area contributed by atoms with Gasteiger partial charge in [-0.1, -0.05) is 25.3 Å². The standard InChI is InChI=1S/C17H24N2O3/c20-11-15(12-5-2-1-3-6-12)19-16(21)13-8-10-22-17-14(13)7-4-9-18-17/h4,7,9,12-13,15,20H,1-3,5-6,8,10-11H2,(H,19,21)/t13-,15-/m1/s1. The van der Waals surface area contributed by atoms with E-state index in [1.165, 1.54) is 19.3 Å².